The van der Waals surface area contributed by atoms with E-state index in [0.29, 0.717) is 24.7 Å². The van der Waals surface area contributed by atoms with Crippen LogP contribution in [0.4, 0.5) is 5.82 Å². The van der Waals surface area contributed by atoms with Crippen LogP contribution in [0.15, 0.2) is 55.0 Å². The number of hydrogen-bond donors (Lipinski definition) is 2. The molecule has 10 nitrogen and oxygen atoms in total. The molecule has 0 saturated heterocycles. The molecular formula is C20H21N9O. The molecule has 0 aliphatic heterocycles. The predicted molar refractivity (Wildman–Crippen MR) is 111 cm³/mol. The number of para-hydroxylation sites is 1. The number of aromatic nitrogens is 7. The van der Waals surface area contributed by atoms with Crippen LogP contribution in [0.1, 0.15) is 22.1 Å². The van der Waals surface area contributed by atoms with Gasteiger partial charge >= 0.3 is 0 Å². The summed E-state index contributed by atoms with van der Waals surface area (Å²) in [5, 5.41) is 14.4. The molecule has 10 heteroatoms. The number of nitrogens with one attached hydrogen (secondary N) is 2. The normalized spacial score (nSPS) is 10.7. The summed E-state index contributed by atoms with van der Waals surface area (Å²) in [5.41, 5.74) is 1.05. The highest BCUT2D eigenvalue weighted by molar-refractivity contribution is 5.91. The highest BCUT2D eigenvalue weighted by Crippen LogP contribution is 2.12. The van der Waals surface area contributed by atoms with E-state index >= 15 is 0 Å². The number of carbonyl (C=O) groups excluding carboxylic acids is 1. The Morgan fingerprint density at radius 1 is 1.10 bits per heavy atom. The van der Waals surface area contributed by atoms with E-state index in [1.165, 1.54) is 11.0 Å². The maximum atomic E-state index is 12.3. The van der Waals surface area contributed by atoms with Crippen molar-refractivity contribution >= 4 is 11.7 Å². The molecule has 3 heterocycles. The Bertz CT molecular complexity index is 1150. The zero-order valence-corrected chi connectivity index (χ0v) is 16.6. The van der Waals surface area contributed by atoms with Gasteiger partial charge in [0, 0.05) is 31.5 Å². The van der Waals surface area contributed by atoms with E-state index in [2.05, 4.69) is 35.8 Å². The van der Waals surface area contributed by atoms with Crippen LogP contribution < -0.4 is 10.6 Å². The third-order valence-corrected chi connectivity index (χ3v) is 4.33. The van der Waals surface area contributed by atoms with Gasteiger partial charge in [0.2, 0.25) is 0 Å². The second kappa shape index (κ2) is 8.52. The first-order valence-electron chi connectivity index (χ1n) is 9.46. The van der Waals surface area contributed by atoms with Crippen molar-refractivity contribution in [1.29, 1.82) is 0 Å². The lowest BCUT2D eigenvalue weighted by Crippen LogP contribution is -2.29. The molecule has 30 heavy (non-hydrogen) atoms. The molecule has 0 fully saturated rings. The Balaban J connectivity index is 1.32. The second-order valence-corrected chi connectivity index (χ2v) is 6.54. The van der Waals surface area contributed by atoms with Crippen LogP contribution in [0.25, 0.3) is 11.5 Å². The van der Waals surface area contributed by atoms with Crippen LogP contribution in [0.3, 0.4) is 0 Å². The van der Waals surface area contributed by atoms with Crippen LogP contribution in [-0.2, 0) is 0 Å². The largest absolute Gasteiger partial charge is 0.368 e. The number of carbonyl (C=O) groups is 1. The van der Waals surface area contributed by atoms with Gasteiger partial charge in [-0.05, 0) is 26.0 Å². The van der Waals surface area contributed by atoms with E-state index in [4.69, 9.17) is 0 Å². The summed E-state index contributed by atoms with van der Waals surface area (Å²) in [7, 11) is 0. The van der Waals surface area contributed by atoms with Crippen molar-refractivity contribution in [1.82, 2.24) is 39.8 Å². The first-order valence-corrected chi connectivity index (χ1v) is 9.46. The van der Waals surface area contributed by atoms with Crippen molar-refractivity contribution in [2.45, 2.75) is 13.8 Å². The topological polar surface area (TPSA) is 115 Å². The maximum absolute atomic E-state index is 12.3. The van der Waals surface area contributed by atoms with E-state index < -0.39 is 0 Å². The van der Waals surface area contributed by atoms with Gasteiger partial charge in [0.05, 0.1) is 11.9 Å². The first-order chi connectivity index (χ1) is 14.6. The fourth-order valence-corrected chi connectivity index (χ4v) is 2.90. The minimum atomic E-state index is -0.285. The van der Waals surface area contributed by atoms with Crippen molar-refractivity contribution in [3.63, 3.8) is 0 Å². The number of rotatable bonds is 7. The Labute approximate surface area is 173 Å². The van der Waals surface area contributed by atoms with Crippen molar-refractivity contribution in [3.8, 4) is 11.5 Å². The minimum Gasteiger partial charge on any atom is -0.368 e. The molecule has 0 atom stereocenters. The molecule has 152 valence electrons. The van der Waals surface area contributed by atoms with Gasteiger partial charge in [-0.2, -0.15) is 9.90 Å². The zero-order chi connectivity index (χ0) is 20.9. The van der Waals surface area contributed by atoms with Gasteiger partial charge in [-0.3, -0.25) is 9.36 Å². The quantitative estimate of drug-likeness (QED) is 0.451. The second-order valence-electron chi connectivity index (χ2n) is 6.54. The third kappa shape index (κ3) is 4.32. The Morgan fingerprint density at radius 2 is 1.93 bits per heavy atom. The molecule has 0 saturated carbocycles. The molecule has 0 aliphatic carbocycles. The zero-order valence-electron chi connectivity index (χ0n) is 16.6. The molecule has 0 radical (unpaired) electrons. The van der Waals surface area contributed by atoms with E-state index in [1.807, 2.05) is 61.0 Å². The average Bonchev–Trinajstić information content (AvgIpc) is 3.41. The fraction of sp³-hybridized carbons (Fsp3) is 0.200. The summed E-state index contributed by atoms with van der Waals surface area (Å²) in [5.74, 6) is 2.61. The third-order valence-electron chi connectivity index (χ3n) is 4.33. The summed E-state index contributed by atoms with van der Waals surface area (Å²) >= 11 is 0. The monoisotopic (exact) mass is 403 g/mol. The van der Waals surface area contributed by atoms with Crippen LogP contribution >= 0.6 is 0 Å². The average molecular weight is 403 g/mol. The van der Waals surface area contributed by atoms with Crippen molar-refractivity contribution in [2.24, 2.45) is 0 Å². The highest BCUT2D eigenvalue weighted by atomic mass is 16.2. The molecule has 0 bridgehead atoms. The first kappa shape index (κ1) is 19.2. The number of nitrogens with zero attached hydrogens (tertiary/aromatic N) is 7. The summed E-state index contributed by atoms with van der Waals surface area (Å²) in [6, 6.07) is 11.3. The summed E-state index contributed by atoms with van der Waals surface area (Å²) in [6.45, 7) is 4.64. The number of hydrogen-bond acceptors (Lipinski definition) is 7. The minimum absolute atomic E-state index is 0.259. The van der Waals surface area contributed by atoms with Crippen molar-refractivity contribution in [3.05, 3.63) is 72.3 Å². The number of imidazole rings is 1. The maximum Gasteiger partial charge on any atom is 0.273 e. The molecular weight excluding hydrogens is 382 g/mol. The van der Waals surface area contributed by atoms with Crippen LogP contribution in [0, 0.1) is 13.8 Å². The summed E-state index contributed by atoms with van der Waals surface area (Å²) in [6.07, 6.45) is 5.02. The van der Waals surface area contributed by atoms with Gasteiger partial charge in [0.15, 0.2) is 5.69 Å². The molecule has 0 aliphatic rings. The van der Waals surface area contributed by atoms with Gasteiger partial charge in [-0.1, -0.05) is 18.2 Å². The van der Waals surface area contributed by atoms with Gasteiger partial charge in [0.1, 0.15) is 23.3 Å². The Morgan fingerprint density at radius 3 is 2.70 bits per heavy atom. The number of benzene rings is 1. The van der Waals surface area contributed by atoms with Crippen LogP contribution in [-0.4, -0.2) is 53.5 Å². The lowest BCUT2D eigenvalue weighted by atomic mass is 10.3. The van der Waals surface area contributed by atoms with E-state index in [9.17, 15) is 4.79 Å². The SMILES string of the molecule is Cc1nc(NCCNC(=O)c2cnn(-c3ccccc3)n2)cc(-n2ccnc2C)n1. The molecule has 2 N–H and O–H groups in total. The molecule has 0 spiro atoms. The number of aryl methyl sites for hydroxylation is 2. The Kier molecular flexibility index (Phi) is 5.46. The van der Waals surface area contributed by atoms with Gasteiger partial charge in [-0.25, -0.2) is 15.0 Å². The lowest BCUT2D eigenvalue weighted by Gasteiger charge is -2.10. The molecule has 3 aromatic heterocycles. The molecule has 1 amide bonds. The van der Waals surface area contributed by atoms with Crippen molar-refractivity contribution < 1.29 is 4.79 Å². The van der Waals surface area contributed by atoms with Crippen molar-refractivity contribution in [2.75, 3.05) is 18.4 Å². The van der Waals surface area contributed by atoms with E-state index in [-0.39, 0.29) is 11.6 Å². The molecule has 1 aromatic carbocycles. The molecule has 0 unspecified atom stereocenters. The highest BCUT2D eigenvalue weighted by Gasteiger charge is 2.11. The van der Waals surface area contributed by atoms with E-state index in [1.54, 1.807) is 6.20 Å². The van der Waals surface area contributed by atoms with Crippen LogP contribution in [0.5, 0.6) is 0 Å². The summed E-state index contributed by atoms with van der Waals surface area (Å²) in [4.78, 5) is 26.8. The summed E-state index contributed by atoms with van der Waals surface area (Å²) < 4.78 is 1.89. The lowest BCUT2D eigenvalue weighted by molar-refractivity contribution is 0.0949. The van der Waals surface area contributed by atoms with Gasteiger partial charge < -0.3 is 10.6 Å². The number of anilines is 1. The Hall–Kier alpha value is -4.08. The van der Waals surface area contributed by atoms with Gasteiger partial charge in [0.25, 0.3) is 5.91 Å². The van der Waals surface area contributed by atoms with Crippen LogP contribution in [0.2, 0.25) is 0 Å². The standard InChI is InChI=1S/C20H21N9O/c1-14-25-18(12-19(26-14)28-11-10-21-15(28)2)22-8-9-23-20(30)17-13-24-29(27-17)16-6-4-3-5-7-16/h3-7,10-13H,8-9H2,1-2H3,(H,23,30)(H,22,25,26). The molecule has 4 aromatic rings. The number of amides is 1. The van der Waals surface area contributed by atoms with Gasteiger partial charge in [-0.15, -0.1) is 5.10 Å². The smallest absolute Gasteiger partial charge is 0.273 e. The predicted octanol–water partition coefficient (Wildman–Crippen LogP) is 1.70. The molecule has 4 rings (SSSR count). The van der Waals surface area contributed by atoms with E-state index in [0.717, 1.165) is 17.3 Å². The fourth-order valence-electron chi connectivity index (χ4n) is 2.90.